The van der Waals surface area contributed by atoms with Crippen molar-refractivity contribution in [2.45, 2.75) is 31.4 Å². The third kappa shape index (κ3) is 4.96. The Balaban J connectivity index is 1.77. The Kier molecular flexibility index (Phi) is 5.92. The molecule has 2 N–H and O–H groups in total. The summed E-state index contributed by atoms with van der Waals surface area (Å²) in [6, 6.07) is 4.83. The van der Waals surface area contributed by atoms with Crippen molar-refractivity contribution in [2.75, 3.05) is 13.1 Å². The molecule has 29 heavy (non-hydrogen) atoms. The van der Waals surface area contributed by atoms with Crippen molar-refractivity contribution in [3.8, 4) is 18.0 Å². The number of halogens is 3. The number of nitrogens with zero attached hydrogens (tertiary/aromatic N) is 2. The molecular weight excluding hydrogens is 385 g/mol. The summed E-state index contributed by atoms with van der Waals surface area (Å²) in [5, 5.41) is 9.30. The van der Waals surface area contributed by atoms with Crippen molar-refractivity contribution in [3.63, 3.8) is 0 Å². The van der Waals surface area contributed by atoms with E-state index in [1.165, 1.54) is 23.0 Å². The Morgan fingerprint density at radius 1 is 1.28 bits per heavy atom. The highest BCUT2D eigenvalue weighted by Crippen LogP contribution is 2.42. The van der Waals surface area contributed by atoms with Crippen LogP contribution in [0.5, 0.6) is 0 Å². The van der Waals surface area contributed by atoms with Gasteiger partial charge in [0.15, 0.2) is 0 Å². The van der Waals surface area contributed by atoms with E-state index in [0.717, 1.165) is 25.0 Å². The highest BCUT2D eigenvalue weighted by molar-refractivity contribution is 5.95. The van der Waals surface area contributed by atoms with Crippen molar-refractivity contribution in [2.24, 2.45) is 0 Å². The molecule has 9 heteroatoms. The number of rotatable bonds is 7. The number of amides is 2. The van der Waals surface area contributed by atoms with Crippen LogP contribution in [0.25, 0.3) is 5.69 Å². The van der Waals surface area contributed by atoms with Gasteiger partial charge in [0.25, 0.3) is 5.91 Å². The van der Waals surface area contributed by atoms with Crippen LogP contribution in [0.3, 0.4) is 0 Å². The summed E-state index contributed by atoms with van der Waals surface area (Å²) in [7, 11) is 0. The minimum Gasteiger partial charge on any atom is -0.351 e. The molecule has 0 saturated heterocycles. The first-order valence-electron chi connectivity index (χ1n) is 9.05. The van der Waals surface area contributed by atoms with Crippen LogP contribution in [0.4, 0.5) is 13.2 Å². The predicted molar refractivity (Wildman–Crippen MR) is 99.3 cm³/mol. The topological polar surface area (TPSA) is 76.0 Å². The van der Waals surface area contributed by atoms with E-state index in [4.69, 9.17) is 6.42 Å². The summed E-state index contributed by atoms with van der Waals surface area (Å²) in [4.78, 5) is 24.1. The van der Waals surface area contributed by atoms with Crippen molar-refractivity contribution < 1.29 is 22.8 Å². The average molecular weight is 404 g/mol. The first-order valence-corrected chi connectivity index (χ1v) is 9.05. The summed E-state index contributed by atoms with van der Waals surface area (Å²) < 4.78 is 40.5. The molecule has 6 nitrogen and oxygen atoms in total. The molecule has 3 rings (SSSR count). The van der Waals surface area contributed by atoms with Gasteiger partial charge in [-0.1, -0.05) is 12.0 Å². The third-order valence-electron chi connectivity index (χ3n) is 4.46. The van der Waals surface area contributed by atoms with E-state index in [1.807, 2.05) is 0 Å². The lowest BCUT2D eigenvalue weighted by atomic mass is 10.1. The highest BCUT2D eigenvalue weighted by Gasteiger charge is 2.34. The zero-order valence-corrected chi connectivity index (χ0v) is 15.4. The van der Waals surface area contributed by atoms with Crippen LogP contribution in [0.2, 0.25) is 0 Å². The molecule has 1 fully saturated rings. The maximum Gasteiger partial charge on any atom is 0.416 e. The van der Waals surface area contributed by atoms with Crippen molar-refractivity contribution in [3.05, 3.63) is 47.3 Å². The van der Waals surface area contributed by atoms with Crippen LogP contribution < -0.4 is 10.6 Å². The Morgan fingerprint density at radius 2 is 2.03 bits per heavy atom. The van der Waals surface area contributed by atoms with Gasteiger partial charge in [-0.2, -0.15) is 18.3 Å². The Morgan fingerprint density at radius 3 is 2.69 bits per heavy atom. The molecule has 1 saturated carbocycles. The summed E-state index contributed by atoms with van der Waals surface area (Å²) in [6.07, 6.45) is 3.67. The lowest BCUT2D eigenvalue weighted by Crippen LogP contribution is -2.31. The van der Waals surface area contributed by atoms with E-state index in [2.05, 4.69) is 21.7 Å². The second-order valence-electron chi connectivity index (χ2n) is 6.66. The lowest BCUT2D eigenvalue weighted by Gasteiger charge is -2.12. The number of alkyl halides is 3. The standard InChI is InChI=1S/C20H19F3N4O2/c1-2-9-24-17(28)8-10-25-19(29)16-12-26-27(18(16)13-6-7-13)15-5-3-4-14(11-15)20(21,22)23/h1,3-5,11-13H,6-10H2,(H,24,28)(H,25,29). The molecule has 1 aromatic heterocycles. The van der Waals surface area contributed by atoms with E-state index in [-0.39, 0.29) is 37.0 Å². The number of carbonyl (C=O) groups excluding carboxylic acids is 2. The number of terminal acetylenes is 1. The molecule has 152 valence electrons. The van der Waals surface area contributed by atoms with Gasteiger partial charge in [-0.05, 0) is 31.0 Å². The lowest BCUT2D eigenvalue weighted by molar-refractivity contribution is -0.137. The van der Waals surface area contributed by atoms with Gasteiger partial charge < -0.3 is 10.6 Å². The fraction of sp³-hybridized carbons (Fsp3) is 0.350. The van der Waals surface area contributed by atoms with Gasteiger partial charge in [-0.25, -0.2) is 4.68 Å². The van der Waals surface area contributed by atoms with Crippen molar-refractivity contribution >= 4 is 11.8 Å². The van der Waals surface area contributed by atoms with Crippen LogP contribution in [0.15, 0.2) is 30.5 Å². The molecule has 1 aliphatic carbocycles. The second-order valence-corrected chi connectivity index (χ2v) is 6.66. The SMILES string of the molecule is C#CCNC(=O)CCNC(=O)c1cnn(-c2cccc(C(F)(F)F)c2)c1C1CC1. The fourth-order valence-electron chi connectivity index (χ4n) is 2.92. The number of aromatic nitrogens is 2. The van der Waals surface area contributed by atoms with Gasteiger partial charge in [0, 0.05) is 18.9 Å². The van der Waals surface area contributed by atoms with Gasteiger partial charge >= 0.3 is 6.18 Å². The first-order chi connectivity index (χ1) is 13.8. The average Bonchev–Trinajstić information content (AvgIpc) is 3.43. The number of nitrogens with one attached hydrogen (secondary N) is 2. The summed E-state index contributed by atoms with van der Waals surface area (Å²) in [6.45, 7) is 0.219. The molecule has 0 unspecified atom stereocenters. The summed E-state index contributed by atoms with van der Waals surface area (Å²) in [5.74, 6) is 1.63. The van der Waals surface area contributed by atoms with Gasteiger partial charge in [-0.15, -0.1) is 6.42 Å². The molecule has 1 aromatic carbocycles. The summed E-state index contributed by atoms with van der Waals surface area (Å²) >= 11 is 0. The van der Waals surface area contributed by atoms with Gasteiger partial charge in [0.1, 0.15) is 0 Å². The van der Waals surface area contributed by atoms with E-state index in [0.29, 0.717) is 11.3 Å². The predicted octanol–water partition coefficient (Wildman–Crippen LogP) is 2.64. The maximum atomic E-state index is 13.0. The molecule has 0 spiro atoms. The number of hydrogen-bond acceptors (Lipinski definition) is 3. The van der Waals surface area contributed by atoms with Crippen molar-refractivity contribution in [1.82, 2.24) is 20.4 Å². The molecule has 1 aliphatic rings. The monoisotopic (exact) mass is 404 g/mol. The Hall–Kier alpha value is -3.28. The Labute approximate surface area is 165 Å². The fourth-order valence-corrected chi connectivity index (χ4v) is 2.92. The molecule has 0 aliphatic heterocycles. The van der Waals surface area contributed by atoms with Crippen LogP contribution in [0, 0.1) is 12.3 Å². The number of benzene rings is 1. The molecule has 0 atom stereocenters. The van der Waals surface area contributed by atoms with Crippen LogP contribution >= 0.6 is 0 Å². The van der Waals surface area contributed by atoms with Gasteiger partial charge in [-0.3, -0.25) is 9.59 Å². The minimum atomic E-state index is -4.47. The number of carbonyl (C=O) groups is 2. The van der Waals surface area contributed by atoms with Gasteiger partial charge in [0.05, 0.1) is 35.2 Å². The summed E-state index contributed by atoms with van der Waals surface area (Å²) in [5.41, 5.74) is 0.346. The van der Waals surface area contributed by atoms with Crippen LogP contribution in [0.1, 0.15) is 46.8 Å². The maximum absolute atomic E-state index is 13.0. The third-order valence-corrected chi connectivity index (χ3v) is 4.46. The number of hydrogen-bond donors (Lipinski definition) is 2. The zero-order chi connectivity index (χ0) is 21.0. The van der Waals surface area contributed by atoms with Crippen LogP contribution in [-0.2, 0) is 11.0 Å². The van der Waals surface area contributed by atoms with Crippen LogP contribution in [-0.4, -0.2) is 34.7 Å². The van der Waals surface area contributed by atoms with E-state index < -0.39 is 17.6 Å². The first kappa shape index (κ1) is 20.5. The molecule has 2 amide bonds. The molecule has 2 aromatic rings. The highest BCUT2D eigenvalue weighted by atomic mass is 19.4. The second kappa shape index (κ2) is 8.39. The van der Waals surface area contributed by atoms with E-state index in [9.17, 15) is 22.8 Å². The van der Waals surface area contributed by atoms with Gasteiger partial charge in [0.2, 0.25) is 5.91 Å². The normalized spacial score (nSPS) is 13.6. The van der Waals surface area contributed by atoms with Crippen molar-refractivity contribution in [1.29, 1.82) is 0 Å². The minimum absolute atomic E-state index is 0.0618. The molecule has 0 radical (unpaired) electrons. The molecule has 0 bridgehead atoms. The molecular formula is C20H19F3N4O2. The van der Waals surface area contributed by atoms with E-state index >= 15 is 0 Å². The molecule has 1 heterocycles. The Bertz CT molecular complexity index is 955. The largest absolute Gasteiger partial charge is 0.416 e. The van der Waals surface area contributed by atoms with E-state index in [1.54, 1.807) is 0 Å². The zero-order valence-electron chi connectivity index (χ0n) is 15.4. The quantitative estimate of drug-likeness (QED) is 0.697. The smallest absolute Gasteiger partial charge is 0.351 e.